The number of hydrogen-bond acceptors (Lipinski definition) is 3. The second-order valence-electron chi connectivity index (χ2n) is 4.34. The van der Waals surface area contributed by atoms with Crippen LogP contribution in [-0.2, 0) is 0 Å². The number of halogens is 1. The Morgan fingerprint density at radius 3 is 2.72 bits per heavy atom. The lowest BCUT2D eigenvalue weighted by atomic mass is 10.0. The summed E-state index contributed by atoms with van der Waals surface area (Å²) in [4.78, 5) is 2.27. The highest BCUT2D eigenvalue weighted by atomic mass is 79.9. The molecular formula is C14H23BrN2O. The zero-order chi connectivity index (χ0) is 13.4. The second-order valence-corrected chi connectivity index (χ2v) is 5.26. The fraction of sp³-hybridized carbons (Fsp3) is 0.571. The van der Waals surface area contributed by atoms with Gasteiger partial charge in [0.15, 0.2) is 0 Å². The van der Waals surface area contributed by atoms with Crippen LogP contribution in [0.3, 0.4) is 0 Å². The topological polar surface area (TPSA) is 35.5 Å². The lowest BCUT2D eigenvalue weighted by Gasteiger charge is -2.23. The van der Waals surface area contributed by atoms with Crippen molar-refractivity contribution in [2.45, 2.75) is 19.4 Å². The van der Waals surface area contributed by atoms with Gasteiger partial charge in [-0.2, -0.15) is 0 Å². The van der Waals surface area contributed by atoms with E-state index in [0.717, 1.165) is 30.5 Å². The van der Waals surface area contributed by atoms with Crippen molar-refractivity contribution in [2.75, 3.05) is 33.3 Å². The van der Waals surface area contributed by atoms with Crippen molar-refractivity contribution in [3.8, 4) is 0 Å². The number of aliphatic hydroxyl groups excluding tert-OH is 1. The number of nitrogens with zero attached hydrogens (tertiary/aromatic N) is 1. The number of nitrogens with one attached hydrogen (secondary N) is 1. The summed E-state index contributed by atoms with van der Waals surface area (Å²) in [5.41, 5.74) is 1.30. The molecule has 1 unspecified atom stereocenters. The van der Waals surface area contributed by atoms with Crippen LogP contribution >= 0.6 is 15.9 Å². The molecule has 1 aromatic carbocycles. The minimum absolute atomic E-state index is 0.231. The highest BCUT2D eigenvalue weighted by Crippen LogP contribution is 2.20. The van der Waals surface area contributed by atoms with E-state index >= 15 is 0 Å². The summed E-state index contributed by atoms with van der Waals surface area (Å²) in [5.74, 6) is 0. The third-order valence-electron chi connectivity index (χ3n) is 3.20. The number of aliphatic hydroxyl groups is 1. The highest BCUT2D eigenvalue weighted by Gasteiger charge is 2.11. The van der Waals surface area contributed by atoms with Crippen LogP contribution in [0.25, 0.3) is 0 Å². The minimum atomic E-state index is 0.231. The van der Waals surface area contributed by atoms with Gasteiger partial charge in [-0.3, -0.25) is 0 Å². The van der Waals surface area contributed by atoms with Gasteiger partial charge >= 0.3 is 0 Å². The molecule has 0 aliphatic carbocycles. The van der Waals surface area contributed by atoms with Crippen LogP contribution in [-0.4, -0.2) is 43.3 Å². The van der Waals surface area contributed by atoms with Crippen LogP contribution in [0.4, 0.5) is 0 Å². The molecule has 0 saturated heterocycles. The first-order chi connectivity index (χ1) is 8.71. The maximum atomic E-state index is 8.98. The third-order valence-corrected chi connectivity index (χ3v) is 3.69. The zero-order valence-electron chi connectivity index (χ0n) is 11.2. The molecule has 0 heterocycles. The van der Waals surface area contributed by atoms with Crippen LogP contribution in [0, 0.1) is 0 Å². The Balaban J connectivity index is 2.56. The van der Waals surface area contributed by atoms with E-state index in [1.165, 1.54) is 5.56 Å². The van der Waals surface area contributed by atoms with Gasteiger partial charge in [-0.1, -0.05) is 35.0 Å². The van der Waals surface area contributed by atoms with E-state index in [4.69, 9.17) is 5.11 Å². The normalized spacial score (nSPS) is 12.9. The van der Waals surface area contributed by atoms with Crippen LogP contribution in [0.2, 0.25) is 0 Å². The van der Waals surface area contributed by atoms with Crippen LogP contribution < -0.4 is 5.32 Å². The van der Waals surface area contributed by atoms with E-state index in [2.05, 4.69) is 51.3 Å². The monoisotopic (exact) mass is 314 g/mol. The summed E-state index contributed by atoms with van der Waals surface area (Å²) in [6.45, 7) is 5.09. The third kappa shape index (κ3) is 5.06. The maximum absolute atomic E-state index is 8.98. The van der Waals surface area contributed by atoms with Crippen molar-refractivity contribution >= 4 is 15.9 Å². The predicted molar refractivity (Wildman–Crippen MR) is 79.8 cm³/mol. The molecule has 0 radical (unpaired) electrons. The van der Waals surface area contributed by atoms with E-state index in [9.17, 15) is 0 Å². The summed E-state index contributed by atoms with van der Waals surface area (Å²) < 4.78 is 1.11. The number of rotatable bonds is 8. The van der Waals surface area contributed by atoms with E-state index in [0.29, 0.717) is 6.04 Å². The van der Waals surface area contributed by atoms with E-state index in [1.807, 2.05) is 13.1 Å². The van der Waals surface area contributed by atoms with Gasteiger partial charge in [0.25, 0.3) is 0 Å². The lowest BCUT2D eigenvalue weighted by molar-refractivity contribution is 0.196. The van der Waals surface area contributed by atoms with Gasteiger partial charge in [0, 0.05) is 23.6 Å². The molecule has 0 aliphatic rings. The molecular weight excluding hydrogens is 292 g/mol. The molecule has 18 heavy (non-hydrogen) atoms. The molecule has 0 spiro atoms. The van der Waals surface area contributed by atoms with Crippen molar-refractivity contribution in [3.05, 3.63) is 34.3 Å². The molecule has 1 aromatic rings. The molecule has 102 valence electrons. The quantitative estimate of drug-likeness (QED) is 0.773. The van der Waals surface area contributed by atoms with Crippen LogP contribution in [0.1, 0.15) is 24.9 Å². The molecule has 0 aromatic heterocycles. The van der Waals surface area contributed by atoms with E-state index in [-0.39, 0.29) is 6.61 Å². The van der Waals surface area contributed by atoms with Gasteiger partial charge in [0.05, 0.1) is 6.61 Å². The summed E-state index contributed by atoms with van der Waals surface area (Å²) in [7, 11) is 1.99. The predicted octanol–water partition coefficient (Wildman–Crippen LogP) is 2.41. The summed E-state index contributed by atoms with van der Waals surface area (Å²) >= 11 is 3.51. The average molecular weight is 315 g/mol. The molecule has 1 rings (SSSR count). The first-order valence-electron chi connectivity index (χ1n) is 6.47. The molecule has 4 heteroatoms. The molecule has 0 aliphatic heterocycles. The van der Waals surface area contributed by atoms with Gasteiger partial charge in [0.2, 0.25) is 0 Å². The van der Waals surface area contributed by atoms with Gasteiger partial charge in [0.1, 0.15) is 0 Å². The number of benzene rings is 1. The summed E-state index contributed by atoms with van der Waals surface area (Å²) in [5, 5.41) is 12.3. The largest absolute Gasteiger partial charge is 0.395 e. The Kier molecular flexibility index (Phi) is 7.51. The number of hydrogen-bond donors (Lipinski definition) is 2. The second kappa shape index (κ2) is 8.64. The maximum Gasteiger partial charge on any atom is 0.0558 e. The molecule has 1 atom stereocenters. The molecule has 3 nitrogen and oxygen atoms in total. The average Bonchev–Trinajstić information content (AvgIpc) is 2.38. The number of likely N-dealkylation sites (N-methyl/N-ethyl adjacent to an activating group) is 1. The lowest BCUT2D eigenvalue weighted by Crippen LogP contribution is -2.30. The minimum Gasteiger partial charge on any atom is -0.395 e. The molecule has 0 fully saturated rings. The first-order valence-corrected chi connectivity index (χ1v) is 7.26. The van der Waals surface area contributed by atoms with E-state index in [1.54, 1.807) is 0 Å². The molecule has 2 N–H and O–H groups in total. The Morgan fingerprint density at radius 2 is 2.17 bits per heavy atom. The van der Waals surface area contributed by atoms with Crippen molar-refractivity contribution in [1.82, 2.24) is 10.2 Å². The molecule has 0 amide bonds. The first kappa shape index (κ1) is 15.6. The standard InChI is InChI=1S/C14H23BrN2O/c1-3-17(9-10-18)8-7-14(16-2)12-5-4-6-13(15)11-12/h4-6,11,14,16,18H,3,7-10H2,1-2H3. The Labute approximate surface area is 118 Å². The fourth-order valence-electron chi connectivity index (χ4n) is 2.08. The van der Waals surface area contributed by atoms with Crippen molar-refractivity contribution in [2.24, 2.45) is 0 Å². The van der Waals surface area contributed by atoms with Gasteiger partial charge < -0.3 is 15.3 Å². The molecule has 0 saturated carbocycles. The zero-order valence-corrected chi connectivity index (χ0v) is 12.8. The Hall–Kier alpha value is -0.420. The summed E-state index contributed by atoms with van der Waals surface area (Å²) in [6, 6.07) is 8.77. The van der Waals surface area contributed by atoms with Crippen molar-refractivity contribution in [3.63, 3.8) is 0 Å². The van der Waals surface area contributed by atoms with Crippen molar-refractivity contribution in [1.29, 1.82) is 0 Å². The SMILES string of the molecule is CCN(CCO)CCC(NC)c1cccc(Br)c1. The molecule has 0 bridgehead atoms. The smallest absolute Gasteiger partial charge is 0.0558 e. The van der Waals surface area contributed by atoms with Crippen LogP contribution in [0.15, 0.2) is 28.7 Å². The van der Waals surface area contributed by atoms with Crippen molar-refractivity contribution < 1.29 is 5.11 Å². The van der Waals surface area contributed by atoms with E-state index < -0.39 is 0 Å². The van der Waals surface area contributed by atoms with Crippen LogP contribution in [0.5, 0.6) is 0 Å². The Morgan fingerprint density at radius 1 is 1.39 bits per heavy atom. The summed E-state index contributed by atoms with van der Waals surface area (Å²) in [6.07, 6.45) is 1.04. The highest BCUT2D eigenvalue weighted by molar-refractivity contribution is 9.10. The van der Waals surface area contributed by atoms with Gasteiger partial charge in [-0.15, -0.1) is 0 Å². The van der Waals surface area contributed by atoms with Gasteiger partial charge in [-0.25, -0.2) is 0 Å². The Bertz CT molecular complexity index is 346. The van der Waals surface area contributed by atoms with Gasteiger partial charge in [-0.05, 0) is 37.7 Å². The fourth-order valence-corrected chi connectivity index (χ4v) is 2.50.